The predicted octanol–water partition coefficient (Wildman–Crippen LogP) is 3.56. The molecule has 0 aromatic heterocycles. The van der Waals surface area contributed by atoms with Gasteiger partial charge in [0.2, 0.25) is 0 Å². The normalized spacial score (nSPS) is 13.2. The Kier molecular flexibility index (Phi) is 5.24. The van der Waals surface area contributed by atoms with E-state index in [2.05, 4.69) is 10.6 Å². The Morgan fingerprint density at radius 3 is 2.72 bits per heavy atom. The van der Waals surface area contributed by atoms with Crippen LogP contribution in [0.15, 0.2) is 42.5 Å². The van der Waals surface area contributed by atoms with Gasteiger partial charge in [-0.2, -0.15) is 0 Å². The molecule has 0 aliphatic heterocycles. The second-order valence-electron chi connectivity index (χ2n) is 6.10. The first-order chi connectivity index (χ1) is 12.0. The molecule has 0 bridgehead atoms. The standard InChI is InChI=1S/C19H19ClN2O3/c1-12-3-2-4-15(9-12)25-11-18(23)21-14-7-8-17(20)16(10-14)19(24)22-13-5-6-13/h2-4,7-10,13H,5-6,11H2,1H3,(H,21,23)(H,22,24). The molecule has 1 aliphatic carbocycles. The molecule has 0 unspecified atom stereocenters. The number of carbonyl (C=O) groups excluding carboxylic acids is 2. The first-order valence-corrected chi connectivity index (χ1v) is 8.49. The molecule has 0 saturated heterocycles. The van der Waals surface area contributed by atoms with Gasteiger partial charge in [0.1, 0.15) is 5.75 Å². The van der Waals surface area contributed by atoms with Crippen LogP contribution in [0.1, 0.15) is 28.8 Å². The third-order valence-electron chi connectivity index (χ3n) is 3.77. The summed E-state index contributed by atoms with van der Waals surface area (Å²) in [7, 11) is 0. The van der Waals surface area contributed by atoms with Crippen molar-refractivity contribution in [3.8, 4) is 5.75 Å². The molecule has 0 radical (unpaired) electrons. The Balaban J connectivity index is 1.59. The van der Waals surface area contributed by atoms with Crippen LogP contribution in [-0.2, 0) is 4.79 Å². The summed E-state index contributed by atoms with van der Waals surface area (Å²) in [6.07, 6.45) is 1.99. The minimum absolute atomic E-state index is 0.115. The van der Waals surface area contributed by atoms with Crippen molar-refractivity contribution in [2.24, 2.45) is 0 Å². The molecule has 5 nitrogen and oxygen atoms in total. The van der Waals surface area contributed by atoms with Gasteiger partial charge >= 0.3 is 0 Å². The van der Waals surface area contributed by atoms with Gasteiger partial charge in [-0.1, -0.05) is 23.7 Å². The minimum atomic E-state index is -0.308. The van der Waals surface area contributed by atoms with E-state index in [-0.39, 0.29) is 24.5 Å². The highest BCUT2D eigenvalue weighted by atomic mass is 35.5. The zero-order valence-electron chi connectivity index (χ0n) is 13.8. The molecule has 0 atom stereocenters. The van der Waals surface area contributed by atoms with E-state index in [4.69, 9.17) is 16.3 Å². The van der Waals surface area contributed by atoms with Gasteiger partial charge in [0.15, 0.2) is 6.61 Å². The summed E-state index contributed by atoms with van der Waals surface area (Å²) in [5.41, 5.74) is 1.91. The van der Waals surface area contributed by atoms with E-state index in [1.165, 1.54) is 0 Å². The SMILES string of the molecule is Cc1cccc(OCC(=O)Nc2ccc(Cl)c(C(=O)NC3CC3)c2)c1. The van der Waals surface area contributed by atoms with Crippen molar-refractivity contribution in [3.05, 3.63) is 58.6 Å². The first-order valence-electron chi connectivity index (χ1n) is 8.11. The lowest BCUT2D eigenvalue weighted by molar-refractivity contribution is -0.118. The minimum Gasteiger partial charge on any atom is -0.484 e. The van der Waals surface area contributed by atoms with E-state index in [1.807, 2.05) is 25.1 Å². The maximum Gasteiger partial charge on any atom is 0.262 e. The average Bonchev–Trinajstić information content (AvgIpc) is 3.39. The maximum absolute atomic E-state index is 12.2. The molecule has 130 valence electrons. The monoisotopic (exact) mass is 358 g/mol. The van der Waals surface area contributed by atoms with Crippen molar-refractivity contribution in [1.29, 1.82) is 0 Å². The Labute approximate surface area is 151 Å². The van der Waals surface area contributed by atoms with Crippen LogP contribution in [0.3, 0.4) is 0 Å². The van der Waals surface area contributed by atoms with E-state index < -0.39 is 0 Å². The molecule has 1 aliphatic rings. The zero-order valence-corrected chi connectivity index (χ0v) is 14.6. The molecule has 3 rings (SSSR count). The average molecular weight is 359 g/mol. The quantitative estimate of drug-likeness (QED) is 0.829. The van der Waals surface area contributed by atoms with Crippen LogP contribution in [0, 0.1) is 6.92 Å². The fourth-order valence-electron chi connectivity index (χ4n) is 2.32. The maximum atomic E-state index is 12.2. The third-order valence-corrected chi connectivity index (χ3v) is 4.10. The van der Waals surface area contributed by atoms with Crippen molar-refractivity contribution in [3.63, 3.8) is 0 Å². The van der Waals surface area contributed by atoms with Crippen LogP contribution in [0.25, 0.3) is 0 Å². The van der Waals surface area contributed by atoms with Crippen LogP contribution in [0.4, 0.5) is 5.69 Å². The largest absolute Gasteiger partial charge is 0.484 e. The molecule has 6 heteroatoms. The number of hydrogen-bond acceptors (Lipinski definition) is 3. The number of amides is 2. The number of rotatable bonds is 6. The lowest BCUT2D eigenvalue weighted by Crippen LogP contribution is -2.26. The highest BCUT2D eigenvalue weighted by Gasteiger charge is 2.24. The number of nitrogens with one attached hydrogen (secondary N) is 2. The molecular weight excluding hydrogens is 340 g/mol. The second kappa shape index (κ2) is 7.57. The molecule has 1 saturated carbocycles. The molecule has 2 aromatic rings. The summed E-state index contributed by atoms with van der Waals surface area (Å²) in [6.45, 7) is 1.84. The molecular formula is C19H19ClN2O3. The Morgan fingerprint density at radius 1 is 1.20 bits per heavy atom. The van der Waals surface area contributed by atoms with E-state index in [1.54, 1.807) is 24.3 Å². The lowest BCUT2D eigenvalue weighted by atomic mass is 10.2. The van der Waals surface area contributed by atoms with Gasteiger partial charge in [0, 0.05) is 11.7 Å². The van der Waals surface area contributed by atoms with Crippen LogP contribution < -0.4 is 15.4 Å². The number of carbonyl (C=O) groups is 2. The van der Waals surface area contributed by atoms with Gasteiger partial charge < -0.3 is 15.4 Å². The summed E-state index contributed by atoms with van der Waals surface area (Å²) in [6, 6.07) is 12.5. The van der Waals surface area contributed by atoms with Gasteiger partial charge in [-0.25, -0.2) is 0 Å². The van der Waals surface area contributed by atoms with Crippen LogP contribution in [0.5, 0.6) is 5.75 Å². The summed E-state index contributed by atoms with van der Waals surface area (Å²) in [4.78, 5) is 24.2. The molecule has 0 heterocycles. The first kappa shape index (κ1) is 17.3. The van der Waals surface area contributed by atoms with Crippen LogP contribution in [0.2, 0.25) is 5.02 Å². The number of aryl methyl sites for hydroxylation is 1. The molecule has 1 fully saturated rings. The molecule has 2 amide bonds. The van der Waals surface area contributed by atoms with Crippen molar-refractivity contribution < 1.29 is 14.3 Å². The zero-order chi connectivity index (χ0) is 17.8. The van der Waals surface area contributed by atoms with E-state index in [0.29, 0.717) is 22.0 Å². The van der Waals surface area contributed by atoms with Gasteiger partial charge in [0.05, 0.1) is 10.6 Å². The topological polar surface area (TPSA) is 67.4 Å². The van der Waals surface area contributed by atoms with Crippen molar-refractivity contribution in [2.75, 3.05) is 11.9 Å². The van der Waals surface area contributed by atoms with Crippen LogP contribution in [-0.4, -0.2) is 24.5 Å². The smallest absolute Gasteiger partial charge is 0.262 e. The van der Waals surface area contributed by atoms with Crippen molar-refractivity contribution in [1.82, 2.24) is 5.32 Å². The second-order valence-corrected chi connectivity index (χ2v) is 6.50. The Morgan fingerprint density at radius 2 is 2.00 bits per heavy atom. The van der Waals surface area contributed by atoms with E-state index in [0.717, 1.165) is 18.4 Å². The fourth-order valence-corrected chi connectivity index (χ4v) is 2.52. The molecule has 0 spiro atoms. The Hall–Kier alpha value is -2.53. The van der Waals surface area contributed by atoms with Crippen molar-refractivity contribution >= 4 is 29.1 Å². The van der Waals surface area contributed by atoms with E-state index in [9.17, 15) is 9.59 Å². The summed E-state index contributed by atoms with van der Waals surface area (Å²) in [5.74, 6) is 0.104. The lowest BCUT2D eigenvalue weighted by Gasteiger charge is -2.10. The summed E-state index contributed by atoms with van der Waals surface area (Å²) >= 11 is 6.09. The highest BCUT2D eigenvalue weighted by molar-refractivity contribution is 6.34. The molecule has 2 aromatic carbocycles. The van der Waals surface area contributed by atoms with Crippen LogP contribution >= 0.6 is 11.6 Å². The number of hydrogen-bond donors (Lipinski definition) is 2. The van der Waals surface area contributed by atoms with Gasteiger partial charge in [-0.15, -0.1) is 0 Å². The summed E-state index contributed by atoms with van der Waals surface area (Å²) in [5, 5.41) is 5.95. The Bertz CT molecular complexity index is 803. The number of benzene rings is 2. The number of ether oxygens (including phenoxy) is 1. The van der Waals surface area contributed by atoms with E-state index >= 15 is 0 Å². The number of halogens is 1. The van der Waals surface area contributed by atoms with Gasteiger partial charge in [0.25, 0.3) is 11.8 Å². The van der Waals surface area contributed by atoms with Crippen molar-refractivity contribution in [2.45, 2.75) is 25.8 Å². The van der Waals surface area contributed by atoms with Gasteiger partial charge in [-0.3, -0.25) is 9.59 Å². The highest BCUT2D eigenvalue weighted by Crippen LogP contribution is 2.24. The molecule has 2 N–H and O–H groups in total. The van der Waals surface area contributed by atoms with Gasteiger partial charge in [-0.05, 0) is 55.7 Å². The molecule has 25 heavy (non-hydrogen) atoms. The third kappa shape index (κ3) is 4.97. The fraction of sp³-hybridized carbons (Fsp3) is 0.263. The predicted molar refractivity (Wildman–Crippen MR) is 97.2 cm³/mol. The number of anilines is 1. The summed E-state index contributed by atoms with van der Waals surface area (Å²) < 4.78 is 5.47.